The minimum atomic E-state index is 0.679. The molecule has 1 rings (SSSR count). The molecular weight excluding hydrogens is 326 g/mol. The van der Waals surface area contributed by atoms with Gasteiger partial charge in [0.15, 0.2) is 5.96 Å². The number of hydrogen-bond acceptors (Lipinski definition) is 4. The Bertz CT molecular complexity index is 545. The molecule has 0 saturated heterocycles. The van der Waals surface area contributed by atoms with E-state index in [2.05, 4.69) is 73.6 Å². The average molecular weight is 364 g/mol. The maximum Gasteiger partial charge on any atom is 0.191 e. The van der Waals surface area contributed by atoms with Crippen molar-refractivity contribution in [2.75, 3.05) is 65.9 Å². The van der Waals surface area contributed by atoms with Gasteiger partial charge in [-0.3, -0.25) is 0 Å². The van der Waals surface area contributed by atoms with Gasteiger partial charge < -0.3 is 25.2 Å². The Kier molecular flexibility index (Phi) is 10.7. The van der Waals surface area contributed by atoms with Crippen molar-refractivity contribution in [2.45, 2.75) is 26.8 Å². The lowest BCUT2D eigenvalue weighted by Gasteiger charge is -2.18. The molecule has 6 nitrogen and oxygen atoms in total. The first-order valence-electron chi connectivity index (χ1n) is 9.44. The predicted octanol–water partition coefficient (Wildman–Crippen LogP) is 2.08. The van der Waals surface area contributed by atoms with E-state index in [4.69, 9.17) is 9.73 Å². The third-order valence-electron chi connectivity index (χ3n) is 4.27. The molecule has 0 bridgehead atoms. The van der Waals surface area contributed by atoms with Gasteiger partial charge in [0.2, 0.25) is 0 Å². The van der Waals surface area contributed by atoms with Gasteiger partial charge in [-0.25, -0.2) is 4.99 Å². The summed E-state index contributed by atoms with van der Waals surface area (Å²) in [5.74, 6) is 0.869. The van der Waals surface area contributed by atoms with Crippen LogP contribution in [0.3, 0.4) is 0 Å². The summed E-state index contributed by atoms with van der Waals surface area (Å²) < 4.78 is 5.10. The molecule has 148 valence electrons. The first-order chi connectivity index (χ1) is 12.5. The molecule has 0 spiro atoms. The molecule has 1 aromatic carbocycles. The summed E-state index contributed by atoms with van der Waals surface area (Å²) in [5.41, 5.74) is 3.75. The summed E-state index contributed by atoms with van der Waals surface area (Å²) in [6.45, 7) is 9.47. The van der Waals surface area contributed by atoms with E-state index in [1.54, 1.807) is 7.11 Å². The van der Waals surface area contributed by atoms with E-state index >= 15 is 0 Å². The molecule has 2 N–H and O–H groups in total. The third-order valence-corrected chi connectivity index (χ3v) is 4.27. The quantitative estimate of drug-likeness (QED) is 0.358. The lowest BCUT2D eigenvalue weighted by Crippen LogP contribution is -2.41. The van der Waals surface area contributed by atoms with E-state index < -0.39 is 0 Å². The molecule has 0 aromatic heterocycles. The zero-order valence-electron chi connectivity index (χ0n) is 17.4. The van der Waals surface area contributed by atoms with Crippen molar-refractivity contribution in [3.05, 3.63) is 29.3 Å². The normalized spacial score (nSPS) is 11.7. The number of nitrogens with zero attached hydrogens (tertiary/aromatic N) is 3. The van der Waals surface area contributed by atoms with Crippen LogP contribution in [0.5, 0.6) is 0 Å². The summed E-state index contributed by atoms with van der Waals surface area (Å²) in [7, 11) is 8.01. The molecule has 1 aromatic rings. The van der Waals surface area contributed by atoms with Crippen LogP contribution in [0.1, 0.15) is 24.5 Å². The van der Waals surface area contributed by atoms with Gasteiger partial charge in [0.1, 0.15) is 0 Å². The van der Waals surface area contributed by atoms with Crippen LogP contribution in [0.4, 0.5) is 5.69 Å². The molecule has 0 aliphatic carbocycles. The van der Waals surface area contributed by atoms with Gasteiger partial charge in [0, 0.05) is 59.7 Å². The highest BCUT2D eigenvalue weighted by atomic mass is 16.5. The van der Waals surface area contributed by atoms with Crippen LogP contribution in [0.15, 0.2) is 23.2 Å². The molecule has 0 aliphatic rings. The summed E-state index contributed by atoms with van der Waals surface area (Å²) in [6, 6.07) is 6.52. The van der Waals surface area contributed by atoms with Crippen LogP contribution in [0.25, 0.3) is 0 Å². The zero-order chi connectivity index (χ0) is 19.4. The molecule has 0 unspecified atom stereocenters. The Morgan fingerprint density at radius 3 is 2.54 bits per heavy atom. The monoisotopic (exact) mass is 363 g/mol. The molecule has 6 heteroatoms. The number of aliphatic imine (C=N–C) groups is 1. The summed E-state index contributed by atoms with van der Waals surface area (Å²) in [5, 5.41) is 6.74. The Morgan fingerprint density at radius 1 is 1.15 bits per heavy atom. The summed E-state index contributed by atoms with van der Waals surface area (Å²) >= 11 is 0. The second kappa shape index (κ2) is 12.5. The number of guanidine groups is 1. The van der Waals surface area contributed by atoms with Crippen molar-refractivity contribution in [1.82, 2.24) is 15.5 Å². The first kappa shape index (κ1) is 22.3. The van der Waals surface area contributed by atoms with Gasteiger partial charge in [0.05, 0.1) is 6.54 Å². The van der Waals surface area contributed by atoms with E-state index in [1.807, 2.05) is 0 Å². The van der Waals surface area contributed by atoms with Gasteiger partial charge in [-0.05, 0) is 50.6 Å². The fourth-order valence-corrected chi connectivity index (χ4v) is 2.60. The molecule has 0 saturated carbocycles. The van der Waals surface area contributed by atoms with E-state index in [0.717, 1.165) is 45.2 Å². The van der Waals surface area contributed by atoms with E-state index in [9.17, 15) is 0 Å². The van der Waals surface area contributed by atoms with Gasteiger partial charge in [0.25, 0.3) is 0 Å². The molecule has 0 radical (unpaired) electrons. The van der Waals surface area contributed by atoms with Crippen LogP contribution in [-0.4, -0.2) is 71.9 Å². The highest BCUT2D eigenvalue weighted by molar-refractivity contribution is 5.79. The topological polar surface area (TPSA) is 52.1 Å². The highest BCUT2D eigenvalue weighted by Gasteiger charge is 2.03. The van der Waals surface area contributed by atoms with Crippen LogP contribution in [0, 0.1) is 6.92 Å². The van der Waals surface area contributed by atoms with Gasteiger partial charge in [-0.1, -0.05) is 6.07 Å². The highest BCUT2D eigenvalue weighted by Crippen LogP contribution is 2.17. The van der Waals surface area contributed by atoms with Crippen molar-refractivity contribution in [3.63, 3.8) is 0 Å². The van der Waals surface area contributed by atoms with Crippen LogP contribution in [0.2, 0.25) is 0 Å². The molecular formula is C20H37N5O. The smallest absolute Gasteiger partial charge is 0.191 e. The third kappa shape index (κ3) is 8.54. The lowest BCUT2D eigenvalue weighted by molar-refractivity contribution is 0.180. The number of aryl methyl sites for hydroxylation is 1. The number of benzene rings is 1. The van der Waals surface area contributed by atoms with Gasteiger partial charge in [-0.2, -0.15) is 0 Å². The second-order valence-electron chi connectivity index (χ2n) is 6.78. The fraction of sp³-hybridized carbons (Fsp3) is 0.650. The number of methoxy groups -OCH3 is 1. The predicted molar refractivity (Wildman–Crippen MR) is 112 cm³/mol. The zero-order valence-corrected chi connectivity index (χ0v) is 17.4. The van der Waals surface area contributed by atoms with Crippen molar-refractivity contribution >= 4 is 11.6 Å². The van der Waals surface area contributed by atoms with Crippen molar-refractivity contribution in [3.8, 4) is 0 Å². The Balaban J connectivity index is 2.53. The molecule has 26 heavy (non-hydrogen) atoms. The summed E-state index contributed by atoms with van der Waals surface area (Å²) in [6.07, 6.45) is 1.06. The fourth-order valence-electron chi connectivity index (χ4n) is 2.60. The minimum absolute atomic E-state index is 0.679. The van der Waals surface area contributed by atoms with E-state index in [0.29, 0.717) is 6.54 Å². The van der Waals surface area contributed by atoms with Crippen LogP contribution < -0.4 is 15.5 Å². The second-order valence-corrected chi connectivity index (χ2v) is 6.78. The maximum absolute atomic E-state index is 5.10. The van der Waals surface area contributed by atoms with E-state index in [-0.39, 0.29) is 0 Å². The maximum atomic E-state index is 5.10. The number of ether oxygens (including phenoxy) is 1. The number of hydrogen-bond donors (Lipinski definition) is 2. The average Bonchev–Trinajstić information content (AvgIpc) is 2.60. The minimum Gasteiger partial charge on any atom is -0.385 e. The van der Waals surface area contributed by atoms with Crippen molar-refractivity contribution in [1.29, 1.82) is 0 Å². The lowest BCUT2D eigenvalue weighted by atomic mass is 10.1. The Morgan fingerprint density at radius 2 is 1.92 bits per heavy atom. The van der Waals surface area contributed by atoms with E-state index in [1.165, 1.54) is 16.8 Å². The number of likely N-dealkylation sites (N-methyl/N-ethyl adjacent to an activating group) is 1. The number of anilines is 1. The van der Waals surface area contributed by atoms with Gasteiger partial charge in [-0.15, -0.1) is 0 Å². The number of rotatable bonds is 11. The Hall–Kier alpha value is -1.79. The van der Waals surface area contributed by atoms with Crippen molar-refractivity contribution in [2.24, 2.45) is 4.99 Å². The first-order valence-corrected chi connectivity index (χ1v) is 9.44. The summed E-state index contributed by atoms with van der Waals surface area (Å²) in [4.78, 5) is 9.16. The largest absolute Gasteiger partial charge is 0.385 e. The standard InChI is InChI=1S/C20H37N5O/c1-7-21-20(22-11-13-25(5)12-8-14-26-6)23-16-18-9-10-19(24(3)4)15-17(18)2/h9-10,15H,7-8,11-14,16H2,1-6H3,(H2,21,22,23). The molecule has 0 atom stereocenters. The number of nitrogens with one attached hydrogen (secondary N) is 2. The van der Waals surface area contributed by atoms with Crippen LogP contribution in [-0.2, 0) is 11.3 Å². The molecule has 0 fully saturated rings. The molecule has 0 amide bonds. The molecule has 0 aliphatic heterocycles. The van der Waals surface area contributed by atoms with Gasteiger partial charge >= 0.3 is 0 Å². The molecule has 0 heterocycles. The van der Waals surface area contributed by atoms with Crippen molar-refractivity contribution < 1.29 is 4.74 Å². The van der Waals surface area contributed by atoms with Crippen LogP contribution >= 0.6 is 0 Å². The Labute approximate surface area is 159 Å². The SMILES string of the molecule is CCNC(=NCc1ccc(N(C)C)cc1C)NCCN(C)CCCOC.